The van der Waals surface area contributed by atoms with Gasteiger partial charge in [0.25, 0.3) is 0 Å². The van der Waals surface area contributed by atoms with Crippen molar-refractivity contribution in [2.24, 2.45) is 0 Å². The van der Waals surface area contributed by atoms with Crippen LogP contribution in [-0.4, -0.2) is 24.5 Å². The Morgan fingerprint density at radius 2 is 1.21 bits per heavy atom. The molecule has 0 spiro atoms. The average Bonchev–Trinajstić information content (AvgIpc) is 3.53. The van der Waals surface area contributed by atoms with E-state index in [-0.39, 0.29) is 0 Å². The molecule has 6 heteroatoms. The minimum Gasteiger partial charge on any atom is -0.296 e. The fourth-order valence-corrected chi connectivity index (χ4v) is 6.22. The average molecular weight is 605 g/mol. The lowest BCUT2D eigenvalue weighted by Crippen LogP contribution is -2.04. The Hall–Kier alpha value is -6.45. The summed E-state index contributed by atoms with van der Waals surface area (Å²) in [5.74, 6) is 2.75. The van der Waals surface area contributed by atoms with E-state index in [2.05, 4.69) is 78.2 Å². The molecule has 0 aliphatic heterocycles. The maximum absolute atomic E-state index is 9.47. The number of rotatable bonds is 6. The molecule has 0 N–H and O–H groups in total. The zero-order valence-corrected chi connectivity index (χ0v) is 25.7. The van der Waals surface area contributed by atoms with Crippen LogP contribution < -0.4 is 0 Å². The van der Waals surface area contributed by atoms with Crippen molar-refractivity contribution >= 4 is 21.8 Å². The van der Waals surface area contributed by atoms with Gasteiger partial charge in [-0.15, -0.1) is 0 Å². The first-order valence-corrected chi connectivity index (χ1v) is 15.6. The van der Waals surface area contributed by atoms with Gasteiger partial charge in [-0.1, -0.05) is 110 Å². The highest BCUT2D eigenvalue weighted by Crippen LogP contribution is 2.36. The molecule has 0 fully saturated rings. The molecular formula is C41H28N6. The summed E-state index contributed by atoms with van der Waals surface area (Å²) in [6.45, 7) is 2.14. The zero-order chi connectivity index (χ0) is 31.7. The van der Waals surface area contributed by atoms with Gasteiger partial charge in [-0.05, 0) is 52.9 Å². The van der Waals surface area contributed by atoms with E-state index in [1.807, 2.05) is 78.9 Å². The number of aromatic nitrogens is 5. The van der Waals surface area contributed by atoms with Gasteiger partial charge in [0, 0.05) is 28.5 Å². The van der Waals surface area contributed by atoms with Crippen molar-refractivity contribution in [2.75, 3.05) is 0 Å². The lowest BCUT2D eigenvalue weighted by molar-refractivity contribution is 0.912. The molecule has 0 saturated heterocycles. The molecule has 0 saturated carbocycles. The van der Waals surface area contributed by atoms with Crippen molar-refractivity contribution in [2.45, 2.75) is 13.3 Å². The molecule has 2 aromatic heterocycles. The van der Waals surface area contributed by atoms with Gasteiger partial charge >= 0.3 is 0 Å². The molecule has 0 atom stereocenters. The van der Waals surface area contributed by atoms with E-state index in [9.17, 15) is 5.26 Å². The Balaban J connectivity index is 1.37. The summed E-state index contributed by atoms with van der Waals surface area (Å²) in [5.41, 5.74) is 8.30. The molecule has 6 nitrogen and oxygen atoms in total. The molecule has 47 heavy (non-hydrogen) atoms. The number of nitrogens with zero attached hydrogens (tertiary/aromatic N) is 6. The summed E-state index contributed by atoms with van der Waals surface area (Å²) in [5, 5.41) is 11.6. The van der Waals surface area contributed by atoms with Crippen LogP contribution in [0.1, 0.15) is 18.3 Å². The maximum atomic E-state index is 9.47. The van der Waals surface area contributed by atoms with Crippen LogP contribution in [0, 0.1) is 11.3 Å². The van der Waals surface area contributed by atoms with Gasteiger partial charge in [-0.3, -0.25) is 4.57 Å². The highest BCUT2D eigenvalue weighted by atomic mass is 15.1. The number of fused-ring (bicyclic) bond motifs is 2. The number of nitriles is 1. The molecule has 2 heterocycles. The first-order valence-electron chi connectivity index (χ1n) is 15.6. The molecule has 0 aliphatic carbocycles. The van der Waals surface area contributed by atoms with Gasteiger partial charge in [0.1, 0.15) is 5.82 Å². The van der Waals surface area contributed by atoms with Crippen molar-refractivity contribution in [1.29, 1.82) is 5.26 Å². The van der Waals surface area contributed by atoms with Gasteiger partial charge in [-0.2, -0.15) is 5.26 Å². The highest BCUT2D eigenvalue weighted by molar-refractivity contribution is 6.02. The molecule has 0 aliphatic rings. The topological polar surface area (TPSA) is 80.3 Å². The standard InChI is InChI=1S/C41H28N6/c1-2-37-43-34-21-6-7-22-35(34)47(37)36-23-11-16-28-15-10-20-33(38(28)36)41-45-39(29-13-4-3-5-14-29)44-40(46-41)32-19-9-18-31(25-32)30-17-8-12-27(24-30)26-42/h3-25H,2H2,1H3. The van der Waals surface area contributed by atoms with Crippen LogP contribution in [0.15, 0.2) is 140 Å². The van der Waals surface area contributed by atoms with E-state index in [0.717, 1.165) is 67.6 Å². The third-order valence-electron chi connectivity index (χ3n) is 8.42. The summed E-state index contributed by atoms with van der Waals surface area (Å²) < 4.78 is 2.26. The van der Waals surface area contributed by atoms with Crippen LogP contribution in [0.3, 0.4) is 0 Å². The fourth-order valence-electron chi connectivity index (χ4n) is 6.22. The first kappa shape index (κ1) is 28.1. The lowest BCUT2D eigenvalue weighted by atomic mass is 10.0. The van der Waals surface area contributed by atoms with Gasteiger partial charge in [-0.25, -0.2) is 19.9 Å². The molecule has 0 amide bonds. The van der Waals surface area contributed by atoms with E-state index >= 15 is 0 Å². The number of benzene rings is 6. The van der Waals surface area contributed by atoms with Crippen molar-refractivity contribution < 1.29 is 0 Å². The molecule has 0 radical (unpaired) electrons. The van der Waals surface area contributed by atoms with Crippen LogP contribution in [0.25, 0.3) is 72.8 Å². The molecule has 0 bridgehead atoms. The smallest absolute Gasteiger partial charge is 0.164 e. The molecule has 0 unspecified atom stereocenters. The quantitative estimate of drug-likeness (QED) is 0.189. The number of imidazole rings is 1. The predicted molar refractivity (Wildman–Crippen MR) is 188 cm³/mol. The minimum atomic E-state index is 0.573. The first-order chi connectivity index (χ1) is 23.2. The molecular weight excluding hydrogens is 576 g/mol. The Morgan fingerprint density at radius 3 is 2.02 bits per heavy atom. The number of hydrogen-bond donors (Lipinski definition) is 0. The van der Waals surface area contributed by atoms with Crippen molar-refractivity contribution in [3.05, 3.63) is 151 Å². The van der Waals surface area contributed by atoms with Crippen LogP contribution in [0.4, 0.5) is 0 Å². The van der Waals surface area contributed by atoms with E-state index in [4.69, 9.17) is 19.9 Å². The summed E-state index contributed by atoms with van der Waals surface area (Å²) in [7, 11) is 0. The molecule has 8 rings (SSSR count). The van der Waals surface area contributed by atoms with Crippen LogP contribution in [0.5, 0.6) is 0 Å². The second-order valence-electron chi connectivity index (χ2n) is 11.3. The lowest BCUT2D eigenvalue weighted by Gasteiger charge is -2.16. The van der Waals surface area contributed by atoms with E-state index < -0.39 is 0 Å². The van der Waals surface area contributed by atoms with Gasteiger partial charge in [0.05, 0.1) is 28.4 Å². The largest absolute Gasteiger partial charge is 0.296 e. The van der Waals surface area contributed by atoms with E-state index in [1.165, 1.54) is 0 Å². The van der Waals surface area contributed by atoms with Crippen LogP contribution in [-0.2, 0) is 6.42 Å². The molecule has 222 valence electrons. The van der Waals surface area contributed by atoms with Gasteiger partial charge in [0.15, 0.2) is 17.5 Å². The fraction of sp³-hybridized carbons (Fsp3) is 0.0488. The van der Waals surface area contributed by atoms with Crippen LogP contribution in [0.2, 0.25) is 0 Å². The van der Waals surface area contributed by atoms with Gasteiger partial charge in [0.2, 0.25) is 0 Å². The third kappa shape index (κ3) is 5.10. The van der Waals surface area contributed by atoms with Crippen molar-refractivity contribution in [1.82, 2.24) is 24.5 Å². The normalized spacial score (nSPS) is 11.1. The number of hydrogen-bond acceptors (Lipinski definition) is 5. The summed E-state index contributed by atoms with van der Waals surface area (Å²) in [6.07, 6.45) is 0.787. The molecule has 8 aromatic rings. The SMILES string of the molecule is CCc1nc2ccccc2n1-c1cccc2cccc(-c3nc(-c4ccccc4)nc(-c4cccc(-c5cccc(C#N)c5)c4)n3)c12. The third-order valence-corrected chi connectivity index (χ3v) is 8.42. The maximum Gasteiger partial charge on any atom is 0.164 e. The second-order valence-corrected chi connectivity index (χ2v) is 11.3. The Morgan fingerprint density at radius 1 is 0.574 bits per heavy atom. The van der Waals surface area contributed by atoms with Crippen molar-refractivity contribution in [3.63, 3.8) is 0 Å². The number of aryl methyl sites for hydroxylation is 1. The number of para-hydroxylation sites is 2. The minimum absolute atomic E-state index is 0.573. The Labute approximate surface area is 272 Å². The van der Waals surface area contributed by atoms with Gasteiger partial charge < -0.3 is 0 Å². The van der Waals surface area contributed by atoms with E-state index in [0.29, 0.717) is 23.0 Å². The second kappa shape index (κ2) is 11.8. The Kier molecular flexibility index (Phi) is 7.05. The summed E-state index contributed by atoms with van der Waals surface area (Å²) >= 11 is 0. The zero-order valence-electron chi connectivity index (χ0n) is 25.7. The summed E-state index contributed by atoms with van der Waals surface area (Å²) in [4.78, 5) is 20.2. The molecule has 6 aromatic carbocycles. The monoisotopic (exact) mass is 604 g/mol. The summed E-state index contributed by atoms with van der Waals surface area (Å²) in [6, 6.07) is 48.9. The predicted octanol–water partition coefficient (Wildman–Crippen LogP) is 9.47. The highest BCUT2D eigenvalue weighted by Gasteiger charge is 2.19. The van der Waals surface area contributed by atoms with Crippen LogP contribution >= 0.6 is 0 Å². The van der Waals surface area contributed by atoms with Crippen molar-refractivity contribution in [3.8, 4) is 57.0 Å². The van der Waals surface area contributed by atoms with E-state index in [1.54, 1.807) is 0 Å². The Bertz CT molecular complexity index is 2470.